The summed E-state index contributed by atoms with van der Waals surface area (Å²) in [6, 6.07) is 1.93. The van der Waals surface area contributed by atoms with Crippen molar-refractivity contribution < 1.29 is 19.1 Å². The van der Waals surface area contributed by atoms with Crippen LogP contribution in [0, 0.1) is 11.3 Å². The number of thiophene rings is 1. The van der Waals surface area contributed by atoms with Crippen molar-refractivity contribution >= 4 is 35.2 Å². The Labute approximate surface area is 139 Å². The number of ether oxygens (including phenoxy) is 2. The fourth-order valence-electron chi connectivity index (χ4n) is 1.61. The van der Waals surface area contributed by atoms with Gasteiger partial charge in [-0.25, -0.2) is 9.59 Å². The third kappa shape index (κ3) is 6.53. The molecule has 0 saturated heterocycles. The molecule has 1 heterocycles. The van der Waals surface area contributed by atoms with Gasteiger partial charge < -0.3 is 9.47 Å². The number of rotatable bonds is 5. The molecule has 1 aromatic heterocycles. The van der Waals surface area contributed by atoms with Gasteiger partial charge >= 0.3 is 12.1 Å². The van der Waals surface area contributed by atoms with E-state index >= 15 is 0 Å². The zero-order valence-electron chi connectivity index (χ0n) is 13.6. The number of anilines is 1. The number of nitrogens with zero attached hydrogens (tertiary/aromatic N) is 1. The summed E-state index contributed by atoms with van der Waals surface area (Å²) >= 11 is 1.36. The molecule has 0 aromatic carbocycles. The Kier molecular flexibility index (Phi) is 6.79. The van der Waals surface area contributed by atoms with Crippen LogP contribution >= 0.6 is 11.3 Å². The largest absolute Gasteiger partial charge is 0.463 e. The maximum atomic E-state index is 11.8. The number of carbonyl (C=O) groups is 2. The molecule has 1 aromatic rings. The van der Waals surface area contributed by atoms with Crippen LogP contribution in [0.15, 0.2) is 16.3 Å². The zero-order valence-corrected chi connectivity index (χ0v) is 14.5. The van der Waals surface area contributed by atoms with Crippen molar-refractivity contribution in [2.24, 2.45) is 0 Å². The van der Waals surface area contributed by atoms with Gasteiger partial charge in [-0.05, 0) is 33.8 Å². The minimum absolute atomic E-state index is 0.0689. The molecule has 0 aliphatic heterocycles. The van der Waals surface area contributed by atoms with Crippen LogP contribution in [0.3, 0.4) is 0 Å². The summed E-state index contributed by atoms with van der Waals surface area (Å²) < 4.78 is 10.1. The van der Waals surface area contributed by atoms with E-state index in [1.807, 2.05) is 6.07 Å². The normalized spacial score (nSPS) is 11.5. The topological polar surface area (TPSA) is 88.4 Å². The first-order valence-electron chi connectivity index (χ1n) is 7.07. The Bertz CT molecular complexity index is 635. The number of hydrogen-bond donors (Lipinski definition) is 1. The van der Waals surface area contributed by atoms with E-state index in [9.17, 15) is 9.59 Å². The number of hydrogen-bond acceptors (Lipinski definition) is 6. The molecule has 0 fully saturated rings. The SMILES string of the molecule is CCOC(=O)/C(=C/c1cscc1NC(=O)OC(C)(C)C)CC#N. The van der Waals surface area contributed by atoms with Crippen LogP contribution in [0.4, 0.5) is 10.5 Å². The van der Waals surface area contributed by atoms with E-state index in [4.69, 9.17) is 14.7 Å². The van der Waals surface area contributed by atoms with Crippen LogP contribution in [0.1, 0.15) is 39.7 Å². The summed E-state index contributed by atoms with van der Waals surface area (Å²) in [7, 11) is 0. The molecular weight excluding hydrogens is 316 g/mol. The van der Waals surface area contributed by atoms with Gasteiger partial charge in [0.2, 0.25) is 0 Å². The average Bonchev–Trinajstić information content (AvgIpc) is 2.83. The highest BCUT2D eigenvalue weighted by Crippen LogP contribution is 2.25. The van der Waals surface area contributed by atoms with E-state index in [0.717, 1.165) is 0 Å². The van der Waals surface area contributed by atoms with Gasteiger partial charge in [0.05, 0.1) is 30.4 Å². The number of nitrogens with one attached hydrogen (secondary N) is 1. The second kappa shape index (κ2) is 8.34. The summed E-state index contributed by atoms with van der Waals surface area (Å²) in [6.45, 7) is 7.24. The molecule has 0 aliphatic carbocycles. The quantitative estimate of drug-likeness (QED) is 0.649. The molecule has 1 N–H and O–H groups in total. The molecule has 0 saturated carbocycles. The van der Waals surface area contributed by atoms with Gasteiger partial charge in [-0.2, -0.15) is 5.26 Å². The highest BCUT2D eigenvalue weighted by molar-refractivity contribution is 7.08. The molecule has 1 amide bonds. The van der Waals surface area contributed by atoms with Gasteiger partial charge in [0.15, 0.2) is 0 Å². The average molecular weight is 336 g/mol. The molecule has 0 aliphatic rings. The highest BCUT2D eigenvalue weighted by atomic mass is 32.1. The van der Waals surface area contributed by atoms with Crippen LogP contribution in [0.2, 0.25) is 0 Å². The minimum atomic E-state index is -0.604. The van der Waals surface area contributed by atoms with Crippen LogP contribution in [-0.2, 0) is 14.3 Å². The Morgan fingerprint density at radius 1 is 1.39 bits per heavy atom. The summed E-state index contributed by atoms with van der Waals surface area (Å²) in [6.07, 6.45) is 0.897. The van der Waals surface area contributed by atoms with Gasteiger partial charge in [-0.1, -0.05) is 0 Å². The summed E-state index contributed by atoms with van der Waals surface area (Å²) in [5.74, 6) is -0.538. The molecule has 0 spiro atoms. The lowest BCUT2D eigenvalue weighted by Gasteiger charge is -2.19. The summed E-state index contributed by atoms with van der Waals surface area (Å²) in [4.78, 5) is 23.7. The second-order valence-corrected chi connectivity index (χ2v) is 6.34. The van der Waals surface area contributed by atoms with Crippen LogP contribution in [-0.4, -0.2) is 24.3 Å². The predicted molar refractivity (Wildman–Crippen MR) is 89.0 cm³/mol. The standard InChI is InChI=1S/C16H20N2O4S/c1-5-21-14(19)11(6-7-17)8-12-9-23-10-13(12)18-15(20)22-16(2,3)4/h8-10H,5-6H2,1-4H3,(H,18,20)/b11-8+. The number of nitriles is 1. The van der Waals surface area contributed by atoms with Gasteiger partial charge in [-0.3, -0.25) is 5.32 Å². The first-order valence-corrected chi connectivity index (χ1v) is 8.02. The van der Waals surface area contributed by atoms with Crippen LogP contribution in [0.5, 0.6) is 0 Å². The molecule has 6 nitrogen and oxygen atoms in total. The van der Waals surface area contributed by atoms with Crippen molar-refractivity contribution in [2.45, 2.75) is 39.7 Å². The van der Waals surface area contributed by atoms with Gasteiger partial charge in [0, 0.05) is 16.3 Å². The Morgan fingerprint density at radius 2 is 2.09 bits per heavy atom. The molecule has 1 rings (SSSR count). The van der Waals surface area contributed by atoms with Gasteiger partial charge in [0.1, 0.15) is 5.60 Å². The van der Waals surface area contributed by atoms with E-state index in [-0.39, 0.29) is 18.6 Å². The van der Waals surface area contributed by atoms with Crippen molar-refractivity contribution in [3.05, 3.63) is 21.9 Å². The Morgan fingerprint density at radius 3 is 2.65 bits per heavy atom. The number of carbonyl (C=O) groups excluding carboxylic acids is 2. The maximum absolute atomic E-state index is 11.8. The molecule has 23 heavy (non-hydrogen) atoms. The third-order valence-electron chi connectivity index (χ3n) is 2.46. The molecular formula is C16H20N2O4S. The van der Waals surface area contributed by atoms with Crippen LogP contribution < -0.4 is 5.32 Å². The minimum Gasteiger partial charge on any atom is -0.463 e. The molecule has 124 valence electrons. The predicted octanol–water partition coefficient (Wildman–Crippen LogP) is 3.96. The number of esters is 1. The van der Waals surface area contributed by atoms with E-state index in [2.05, 4.69) is 5.32 Å². The molecule has 7 heteroatoms. The summed E-state index contributed by atoms with van der Waals surface area (Å²) in [5, 5.41) is 15.0. The molecule has 0 radical (unpaired) electrons. The lowest BCUT2D eigenvalue weighted by atomic mass is 10.1. The highest BCUT2D eigenvalue weighted by Gasteiger charge is 2.18. The monoisotopic (exact) mass is 336 g/mol. The number of amides is 1. The van der Waals surface area contributed by atoms with E-state index in [0.29, 0.717) is 11.3 Å². The molecule has 0 unspecified atom stereocenters. The van der Waals surface area contributed by atoms with Gasteiger partial charge in [0.25, 0.3) is 0 Å². The van der Waals surface area contributed by atoms with Crippen molar-refractivity contribution in [3.63, 3.8) is 0 Å². The van der Waals surface area contributed by atoms with E-state index in [1.54, 1.807) is 44.5 Å². The molecule has 0 atom stereocenters. The van der Waals surface area contributed by atoms with Crippen molar-refractivity contribution in [3.8, 4) is 6.07 Å². The second-order valence-electron chi connectivity index (χ2n) is 5.59. The first kappa shape index (κ1) is 18.7. The van der Waals surface area contributed by atoms with Crippen LogP contribution in [0.25, 0.3) is 6.08 Å². The lowest BCUT2D eigenvalue weighted by Crippen LogP contribution is -2.27. The lowest BCUT2D eigenvalue weighted by molar-refractivity contribution is -0.138. The van der Waals surface area contributed by atoms with Crippen molar-refractivity contribution in [1.29, 1.82) is 5.26 Å². The van der Waals surface area contributed by atoms with Gasteiger partial charge in [-0.15, -0.1) is 11.3 Å². The Balaban J connectivity index is 2.95. The third-order valence-corrected chi connectivity index (χ3v) is 3.23. The fraction of sp³-hybridized carbons (Fsp3) is 0.438. The fourth-order valence-corrected chi connectivity index (χ4v) is 2.35. The smallest absolute Gasteiger partial charge is 0.412 e. The van der Waals surface area contributed by atoms with Crippen molar-refractivity contribution in [1.82, 2.24) is 0 Å². The maximum Gasteiger partial charge on any atom is 0.412 e. The van der Waals surface area contributed by atoms with E-state index < -0.39 is 17.7 Å². The summed E-state index contributed by atoms with van der Waals surface area (Å²) in [5.41, 5.74) is 0.774. The Hall–Kier alpha value is -2.33. The molecule has 0 bridgehead atoms. The first-order chi connectivity index (χ1) is 10.8. The zero-order chi connectivity index (χ0) is 17.5. The van der Waals surface area contributed by atoms with Crippen molar-refractivity contribution in [2.75, 3.05) is 11.9 Å². The van der Waals surface area contributed by atoms with E-state index in [1.165, 1.54) is 11.3 Å².